The van der Waals surface area contributed by atoms with Gasteiger partial charge in [0.25, 0.3) is 0 Å². The van der Waals surface area contributed by atoms with Gasteiger partial charge in [0.2, 0.25) is 0 Å². The van der Waals surface area contributed by atoms with Crippen LogP contribution < -0.4 is 10.2 Å². The SMILES string of the molecule is CN1C(=O)/C(=C/c2ccc(N(c3ccccc3)c3ccncn3)[se]2)C(=O)NC1=S. The van der Waals surface area contributed by atoms with Gasteiger partial charge in [-0.05, 0) is 0 Å². The predicted molar refractivity (Wildman–Crippen MR) is 115 cm³/mol. The first kappa shape index (κ1) is 19.2. The van der Waals surface area contributed by atoms with E-state index >= 15 is 0 Å². The number of amides is 2. The van der Waals surface area contributed by atoms with Gasteiger partial charge in [0.05, 0.1) is 0 Å². The van der Waals surface area contributed by atoms with Gasteiger partial charge < -0.3 is 0 Å². The van der Waals surface area contributed by atoms with Crippen molar-refractivity contribution in [2.45, 2.75) is 0 Å². The van der Waals surface area contributed by atoms with Crippen molar-refractivity contribution in [1.29, 1.82) is 0 Å². The Morgan fingerprint density at radius 3 is 2.66 bits per heavy atom. The molecule has 0 atom stereocenters. The van der Waals surface area contributed by atoms with Crippen molar-refractivity contribution < 1.29 is 9.59 Å². The van der Waals surface area contributed by atoms with Gasteiger partial charge in [0, 0.05) is 0 Å². The Morgan fingerprint density at radius 1 is 1.14 bits per heavy atom. The number of nitrogens with one attached hydrogen (secondary N) is 1. The van der Waals surface area contributed by atoms with Crippen LogP contribution in [0.5, 0.6) is 0 Å². The fourth-order valence-electron chi connectivity index (χ4n) is 2.79. The number of nitrogens with zero attached hydrogens (tertiary/aromatic N) is 4. The normalized spacial score (nSPS) is 15.6. The van der Waals surface area contributed by atoms with Gasteiger partial charge in [-0.1, -0.05) is 0 Å². The molecule has 4 rings (SSSR count). The Labute approximate surface area is 178 Å². The van der Waals surface area contributed by atoms with E-state index in [2.05, 4.69) is 15.3 Å². The van der Waals surface area contributed by atoms with E-state index in [1.807, 2.05) is 53.4 Å². The Hall–Kier alpha value is -3.13. The molecule has 1 aliphatic heterocycles. The molecule has 144 valence electrons. The zero-order chi connectivity index (χ0) is 20.4. The number of thiocarbonyl (C=S) groups is 1. The standard InChI is InChI=1S/C20H15N5O2SSe/c1-24-19(27)15(18(26)23-20(24)28)11-14-7-8-17(29-14)25(13-5-3-2-4-6-13)16-9-10-21-12-22-16/h2-12H,1H3,(H,23,26,28)/b15-11+. The molecule has 2 aromatic heterocycles. The van der Waals surface area contributed by atoms with Gasteiger partial charge in [-0.3, -0.25) is 0 Å². The monoisotopic (exact) mass is 469 g/mol. The van der Waals surface area contributed by atoms with E-state index in [9.17, 15) is 9.59 Å². The number of benzene rings is 1. The van der Waals surface area contributed by atoms with E-state index in [-0.39, 0.29) is 25.2 Å². The number of likely N-dealkylation sites (N-methyl/N-ethyl adjacent to an activating group) is 1. The van der Waals surface area contributed by atoms with Crippen molar-refractivity contribution in [2.75, 3.05) is 11.9 Å². The minimum atomic E-state index is -0.473. The van der Waals surface area contributed by atoms with Crippen molar-refractivity contribution in [3.8, 4) is 0 Å². The molecule has 0 spiro atoms. The maximum absolute atomic E-state index is 12.4. The molecule has 7 nitrogen and oxygen atoms in total. The molecule has 0 saturated carbocycles. The van der Waals surface area contributed by atoms with Gasteiger partial charge in [-0.15, -0.1) is 0 Å². The topological polar surface area (TPSA) is 78.4 Å². The number of aromatic nitrogens is 2. The van der Waals surface area contributed by atoms with Crippen molar-refractivity contribution in [2.24, 2.45) is 0 Å². The third-order valence-electron chi connectivity index (χ3n) is 4.23. The van der Waals surface area contributed by atoms with Gasteiger partial charge >= 0.3 is 179 Å². The van der Waals surface area contributed by atoms with Crippen LogP contribution in [0.15, 0.2) is 66.6 Å². The zero-order valence-electron chi connectivity index (χ0n) is 15.3. The first-order valence-corrected chi connectivity index (χ1v) is 10.7. The summed E-state index contributed by atoms with van der Waals surface area (Å²) in [5, 5.41) is 2.65. The van der Waals surface area contributed by atoms with Crippen molar-refractivity contribution in [3.63, 3.8) is 0 Å². The summed E-state index contributed by atoms with van der Waals surface area (Å²) in [6, 6.07) is 15.6. The predicted octanol–water partition coefficient (Wildman–Crippen LogP) is 2.26. The third-order valence-corrected chi connectivity index (χ3v) is 6.74. The maximum atomic E-state index is 12.4. The molecule has 0 unspecified atom stereocenters. The molecule has 1 aromatic carbocycles. The van der Waals surface area contributed by atoms with Gasteiger partial charge in [-0.2, -0.15) is 0 Å². The van der Waals surface area contributed by atoms with Crippen LogP contribution in [0.25, 0.3) is 6.08 Å². The van der Waals surface area contributed by atoms with E-state index in [1.54, 1.807) is 19.3 Å². The quantitative estimate of drug-likeness (QED) is 0.274. The fraction of sp³-hybridized carbons (Fsp3) is 0.0500. The van der Waals surface area contributed by atoms with Crippen LogP contribution in [0.4, 0.5) is 16.1 Å². The third kappa shape index (κ3) is 3.88. The Kier molecular flexibility index (Phi) is 5.35. The second-order valence-electron chi connectivity index (χ2n) is 6.10. The number of rotatable bonds is 4. The van der Waals surface area contributed by atoms with Crippen LogP contribution in [0.3, 0.4) is 0 Å². The summed E-state index contributed by atoms with van der Waals surface area (Å²) in [7, 11) is 1.54. The summed E-state index contributed by atoms with van der Waals surface area (Å²) >= 11 is 4.85. The molecule has 3 heterocycles. The molecular weight excluding hydrogens is 453 g/mol. The van der Waals surface area contributed by atoms with E-state index in [1.165, 1.54) is 11.2 Å². The molecule has 0 radical (unpaired) electrons. The van der Waals surface area contributed by atoms with Crippen molar-refractivity contribution >= 4 is 65.8 Å². The van der Waals surface area contributed by atoms with E-state index in [0.29, 0.717) is 0 Å². The molecule has 2 amide bonds. The summed E-state index contributed by atoms with van der Waals surface area (Å²) in [5.74, 6) is -0.128. The fourth-order valence-corrected chi connectivity index (χ4v) is 5.03. The Morgan fingerprint density at radius 2 is 1.93 bits per heavy atom. The molecule has 9 heteroatoms. The van der Waals surface area contributed by atoms with Crippen LogP contribution >= 0.6 is 12.2 Å². The van der Waals surface area contributed by atoms with Gasteiger partial charge in [-0.25, -0.2) is 0 Å². The number of hydrogen-bond donors (Lipinski definition) is 1. The van der Waals surface area contributed by atoms with Crippen LogP contribution in [0.1, 0.15) is 4.44 Å². The second kappa shape index (κ2) is 8.08. The molecule has 0 bridgehead atoms. The number of carbonyl (C=O) groups is 2. The summed E-state index contributed by atoms with van der Waals surface area (Å²) in [4.78, 5) is 36.4. The Balaban J connectivity index is 1.72. The average molecular weight is 468 g/mol. The molecule has 1 N–H and O–H groups in total. The van der Waals surface area contributed by atoms with Crippen LogP contribution in [-0.4, -0.2) is 53.3 Å². The first-order valence-electron chi connectivity index (χ1n) is 8.60. The molecule has 1 fully saturated rings. The van der Waals surface area contributed by atoms with E-state index < -0.39 is 11.8 Å². The number of anilines is 3. The molecule has 1 aliphatic rings. The van der Waals surface area contributed by atoms with Crippen LogP contribution in [-0.2, 0) is 9.59 Å². The Bertz CT molecular complexity index is 1070. The molecule has 3 aromatic rings. The van der Waals surface area contributed by atoms with E-state index in [4.69, 9.17) is 12.2 Å². The van der Waals surface area contributed by atoms with Crippen molar-refractivity contribution in [1.82, 2.24) is 20.2 Å². The van der Waals surface area contributed by atoms with Gasteiger partial charge in [0.1, 0.15) is 0 Å². The zero-order valence-corrected chi connectivity index (χ0v) is 17.8. The second-order valence-corrected chi connectivity index (χ2v) is 8.78. The number of carbonyl (C=O) groups excluding carboxylic acids is 2. The summed E-state index contributed by atoms with van der Waals surface area (Å²) in [6.45, 7) is 0. The molecular formula is C20H15N5O2SSe. The van der Waals surface area contributed by atoms with Crippen molar-refractivity contribution in [3.05, 3.63) is 71.1 Å². The number of para-hydroxylation sites is 1. The van der Waals surface area contributed by atoms with Crippen LogP contribution in [0.2, 0.25) is 0 Å². The van der Waals surface area contributed by atoms with Crippen LogP contribution in [0, 0.1) is 0 Å². The summed E-state index contributed by atoms with van der Waals surface area (Å²) in [5.41, 5.74) is 1.05. The van der Waals surface area contributed by atoms with Gasteiger partial charge in [0.15, 0.2) is 0 Å². The first-order chi connectivity index (χ1) is 14.0. The summed E-state index contributed by atoms with van der Waals surface area (Å²) < 4.78 is 1.93. The summed E-state index contributed by atoms with van der Waals surface area (Å²) in [6.07, 6.45) is 4.84. The molecule has 1 saturated heterocycles. The van der Waals surface area contributed by atoms with E-state index in [0.717, 1.165) is 20.5 Å². The molecule has 0 aliphatic carbocycles. The number of hydrogen-bond acceptors (Lipinski definition) is 6. The minimum absolute atomic E-state index is 0.0807. The average Bonchev–Trinajstić information content (AvgIpc) is 3.19. The molecule has 29 heavy (non-hydrogen) atoms.